The highest BCUT2D eigenvalue weighted by molar-refractivity contribution is 5.92. The van der Waals surface area contributed by atoms with Crippen molar-refractivity contribution < 1.29 is 4.79 Å². The van der Waals surface area contributed by atoms with E-state index in [4.69, 9.17) is 5.73 Å². The van der Waals surface area contributed by atoms with Crippen molar-refractivity contribution in [3.63, 3.8) is 0 Å². The van der Waals surface area contributed by atoms with Gasteiger partial charge in [-0.15, -0.1) is 0 Å². The fraction of sp³-hybridized carbons (Fsp3) is 0.533. The van der Waals surface area contributed by atoms with Crippen molar-refractivity contribution >= 4 is 17.3 Å². The number of likely N-dealkylation sites (tertiary alicyclic amines) is 1. The van der Waals surface area contributed by atoms with Crippen molar-refractivity contribution in [1.29, 1.82) is 0 Å². The molecule has 1 aromatic rings. The average Bonchev–Trinajstić information content (AvgIpc) is 2.82. The van der Waals surface area contributed by atoms with Crippen LogP contribution in [0.4, 0.5) is 11.4 Å². The standard InChI is InChI=1S/C15H24N4O/c1-11-4-5-12(8-14(11)16)17-15(20)10-19-7-6-13(9-19)18(2)3/h4-5,8,13H,6-7,9-10,16H2,1-3H3,(H,17,20). The van der Waals surface area contributed by atoms with Gasteiger partial charge in [0.15, 0.2) is 0 Å². The molecule has 1 atom stereocenters. The molecule has 110 valence electrons. The lowest BCUT2D eigenvalue weighted by Gasteiger charge is -2.20. The molecule has 2 rings (SSSR count). The third-order valence-corrected chi connectivity index (χ3v) is 3.91. The summed E-state index contributed by atoms with van der Waals surface area (Å²) in [6.07, 6.45) is 1.12. The first-order valence-corrected chi connectivity index (χ1v) is 7.00. The monoisotopic (exact) mass is 276 g/mol. The van der Waals surface area contributed by atoms with E-state index < -0.39 is 0 Å². The van der Waals surface area contributed by atoms with Crippen LogP contribution in [0.1, 0.15) is 12.0 Å². The summed E-state index contributed by atoms with van der Waals surface area (Å²) in [6, 6.07) is 6.16. The van der Waals surface area contributed by atoms with Crippen molar-refractivity contribution in [2.24, 2.45) is 0 Å². The Morgan fingerprint density at radius 1 is 1.50 bits per heavy atom. The molecular formula is C15H24N4O. The first kappa shape index (κ1) is 14.8. The zero-order valence-electron chi connectivity index (χ0n) is 12.5. The summed E-state index contributed by atoms with van der Waals surface area (Å²) in [4.78, 5) is 16.4. The number of likely N-dealkylation sites (N-methyl/N-ethyl adjacent to an activating group) is 1. The molecule has 20 heavy (non-hydrogen) atoms. The van der Waals surface area contributed by atoms with Crippen LogP contribution in [0.25, 0.3) is 0 Å². The summed E-state index contributed by atoms with van der Waals surface area (Å²) in [5.74, 6) is 0.0210. The van der Waals surface area contributed by atoms with Crippen molar-refractivity contribution in [2.75, 3.05) is 44.8 Å². The van der Waals surface area contributed by atoms with Gasteiger partial charge in [-0.3, -0.25) is 9.69 Å². The molecule has 0 spiro atoms. The molecule has 5 heteroatoms. The van der Waals surface area contributed by atoms with Crippen LogP contribution in [0.3, 0.4) is 0 Å². The van der Waals surface area contributed by atoms with Crippen LogP contribution < -0.4 is 11.1 Å². The first-order chi connectivity index (χ1) is 9.45. The fourth-order valence-electron chi connectivity index (χ4n) is 2.50. The quantitative estimate of drug-likeness (QED) is 0.810. The minimum Gasteiger partial charge on any atom is -0.398 e. The molecule has 1 heterocycles. The van der Waals surface area contributed by atoms with E-state index in [-0.39, 0.29) is 5.91 Å². The molecule has 1 amide bonds. The minimum atomic E-state index is 0.0210. The van der Waals surface area contributed by atoms with Crippen molar-refractivity contribution in [3.8, 4) is 0 Å². The number of aryl methyl sites for hydroxylation is 1. The van der Waals surface area contributed by atoms with Gasteiger partial charge >= 0.3 is 0 Å². The highest BCUT2D eigenvalue weighted by atomic mass is 16.2. The van der Waals surface area contributed by atoms with Crippen LogP contribution in [-0.2, 0) is 4.79 Å². The van der Waals surface area contributed by atoms with Gasteiger partial charge in [0.25, 0.3) is 0 Å². The first-order valence-electron chi connectivity index (χ1n) is 7.00. The molecule has 0 aliphatic carbocycles. The largest absolute Gasteiger partial charge is 0.398 e. The Balaban J connectivity index is 1.85. The lowest BCUT2D eigenvalue weighted by molar-refractivity contribution is -0.117. The summed E-state index contributed by atoms with van der Waals surface area (Å²) in [7, 11) is 4.17. The molecule has 1 unspecified atom stereocenters. The number of benzene rings is 1. The van der Waals surface area contributed by atoms with Crippen LogP contribution in [0.5, 0.6) is 0 Å². The number of rotatable bonds is 4. The highest BCUT2D eigenvalue weighted by Crippen LogP contribution is 2.17. The van der Waals surface area contributed by atoms with Crippen molar-refractivity contribution in [2.45, 2.75) is 19.4 Å². The van der Waals surface area contributed by atoms with Crippen LogP contribution in [0.15, 0.2) is 18.2 Å². The van der Waals surface area contributed by atoms with E-state index in [9.17, 15) is 4.79 Å². The SMILES string of the molecule is Cc1ccc(NC(=O)CN2CCC(N(C)C)C2)cc1N. The number of carbonyl (C=O) groups excluding carboxylic acids is 1. The second-order valence-electron chi connectivity index (χ2n) is 5.76. The predicted molar refractivity (Wildman–Crippen MR) is 82.8 cm³/mol. The number of nitrogens with one attached hydrogen (secondary N) is 1. The lowest BCUT2D eigenvalue weighted by atomic mass is 10.2. The minimum absolute atomic E-state index is 0.0210. The Kier molecular flexibility index (Phi) is 4.62. The van der Waals surface area contributed by atoms with E-state index in [2.05, 4.69) is 29.2 Å². The summed E-state index contributed by atoms with van der Waals surface area (Å²) < 4.78 is 0. The second-order valence-corrected chi connectivity index (χ2v) is 5.76. The Labute approximate surface area is 120 Å². The van der Waals surface area contributed by atoms with Gasteiger partial charge in [-0.1, -0.05) is 6.07 Å². The van der Waals surface area contributed by atoms with E-state index in [1.807, 2.05) is 19.1 Å². The van der Waals surface area contributed by atoms with Crippen LogP contribution in [0.2, 0.25) is 0 Å². The molecule has 0 aromatic heterocycles. The Morgan fingerprint density at radius 3 is 2.85 bits per heavy atom. The molecule has 1 aliphatic heterocycles. The molecular weight excluding hydrogens is 252 g/mol. The Hall–Kier alpha value is -1.59. The van der Waals surface area contributed by atoms with Gasteiger partial charge in [0.2, 0.25) is 5.91 Å². The predicted octanol–water partition coefficient (Wildman–Crippen LogP) is 1.15. The van der Waals surface area contributed by atoms with Crippen LogP contribution in [0, 0.1) is 6.92 Å². The zero-order chi connectivity index (χ0) is 14.7. The molecule has 1 fully saturated rings. The highest BCUT2D eigenvalue weighted by Gasteiger charge is 2.25. The average molecular weight is 276 g/mol. The molecule has 0 radical (unpaired) electrons. The molecule has 0 saturated carbocycles. The maximum Gasteiger partial charge on any atom is 0.238 e. The van der Waals surface area contributed by atoms with Crippen molar-refractivity contribution in [1.82, 2.24) is 9.80 Å². The second kappa shape index (κ2) is 6.24. The van der Waals surface area contributed by atoms with Gasteiger partial charge in [0.1, 0.15) is 0 Å². The van der Waals surface area contributed by atoms with Gasteiger partial charge in [0.05, 0.1) is 6.54 Å². The zero-order valence-corrected chi connectivity index (χ0v) is 12.5. The number of hydrogen-bond donors (Lipinski definition) is 2. The third kappa shape index (κ3) is 3.71. The number of anilines is 2. The number of carbonyl (C=O) groups is 1. The van der Waals surface area contributed by atoms with E-state index in [0.717, 1.165) is 30.8 Å². The maximum absolute atomic E-state index is 12.0. The van der Waals surface area contributed by atoms with Gasteiger partial charge in [-0.2, -0.15) is 0 Å². The third-order valence-electron chi connectivity index (χ3n) is 3.91. The normalized spacial score (nSPS) is 19.5. The van der Waals surface area contributed by atoms with Gasteiger partial charge in [0, 0.05) is 30.5 Å². The number of hydrogen-bond acceptors (Lipinski definition) is 4. The van der Waals surface area contributed by atoms with Gasteiger partial charge in [-0.05, 0) is 45.1 Å². The molecule has 3 N–H and O–H groups in total. The topological polar surface area (TPSA) is 61.6 Å². The fourth-order valence-corrected chi connectivity index (χ4v) is 2.50. The number of amides is 1. The summed E-state index contributed by atoms with van der Waals surface area (Å²) in [5, 5.41) is 2.91. The van der Waals surface area contributed by atoms with Gasteiger partial charge in [-0.25, -0.2) is 0 Å². The van der Waals surface area contributed by atoms with E-state index in [0.29, 0.717) is 18.3 Å². The maximum atomic E-state index is 12.0. The lowest BCUT2D eigenvalue weighted by Crippen LogP contribution is -2.35. The number of nitrogen functional groups attached to an aromatic ring is 1. The Morgan fingerprint density at radius 2 is 2.25 bits per heavy atom. The molecule has 1 aliphatic rings. The summed E-state index contributed by atoms with van der Waals surface area (Å²) >= 11 is 0. The van der Waals surface area contributed by atoms with E-state index in [1.165, 1.54) is 0 Å². The number of nitrogens with zero attached hydrogens (tertiary/aromatic N) is 2. The van der Waals surface area contributed by atoms with Crippen LogP contribution >= 0.6 is 0 Å². The summed E-state index contributed by atoms with van der Waals surface area (Å²) in [5.41, 5.74) is 8.34. The smallest absolute Gasteiger partial charge is 0.238 e. The molecule has 5 nitrogen and oxygen atoms in total. The van der Waals surface area contributed by atoms with E-state index >= 15 is 0 Å². The molecule has 1 aromatic carbocycles. The van der Waals surface area contributed by atoms with E-state index in [1.54, 1.807) is 6.07 Å². The van der Waals surface area contributed by atoms with Crippen LogP contribution in [-0.4, -0.2) is 55.5 Å². The summed E-state index contributed by atoms with van der Waals surface area (Å²) in [6.45, 7) is 4.33. The van der Waals surface area contributed by atoms with Gasteiger partial charge < -0.3 is 16.0 Å². The Bertz CT molecular complexity index is 487. The molecule has 1 saturated heterocycles. The number of nitrogens with two attached hydrogens (primary N) is 1. The molecule has 0 bridgehead atoms. The van der Waals surface area contributed by atoms with Crippen molar-refractivity contribution in [3.05, 3.63) is 23.8 Å².